The third kappa shape index (κ3) is 5.05. The summed E-state index contributed by atoms with van der Waals surface area (Å²) in [5.41, 5.74) is 1.03. The van der Waals surface area contributed by atoms with Crippen molar-refractivity contribution in [1.29, 1.82) is 0 Å². The number of hydrogen-bond donors (Lipinski definition) is 0. The molecule has 0 N–H and O–H groups in total. The van der Waals surface area contributed by atoms with E-state index in [2.05, 4.69) is 4.90 Å². The Kier molecular flexibility index (Phi) is 6.42. The molecule has 1 heterocycles. The quantitative estimate of drug-likeness (QED) is 0.782. The minimum absolute atomic E-state index is 0.130. The van der Waals surface area contributed by atoms with E-state index in [1.807, 2.05) is 49.3 Å². The molecule has 1 aliphatic heterocycles. The molecule has 0 spiro atoms. The molecular formula is C21H25FN2O3. The van der Waals surface area contributed by atoms with Crippen LogP contribution in [0.3, 0.4) is 0 Å². The van der Waals surface area contributed by atoms with Gasteiger partial charge >= 0.3 is 0 Å². The summed E-state index contributed by atoms with van der Waals surface area (Å²) < 4.78 is 24.8. The number of carbonyl (C=O) groups is 1. The molecule has 1 fully saturated rings. The van der Waals surface area contributed by atoms with Crippen molar-refractivity contribution in [2.24, 2.45) is 0 Å². The van der Waals surface area contributed by atoms with E-state index in [1.165, 1.54) is 12.1 Å². The Morgan fingerprint density at radius 2 is 2.00 bits per heavy atom. The lowest BCUT2D eigenvalue weighted by Crippen LogP contribution is -2.52. The van der Waals surface area contributed by atoms with E-state index in [9.17, 15) is 9.18 Å². The minimum atomic E-state index is -0.389. The van der Waals surface area contributed by atoms with Crippen LogP contribution in [-0.2, 0) is 9.53 Å². The maximum absolute atomic E-state index is 13.3. The monoisotopic (exact) mass is 372 g/mol. The normalized spacial score (nSPS) is 19.9. The highest BCUT2D eigenvalue weighted by Gasteiger charge is 2.36. The molecule has 0 saturated carbocycles. The van der Waals surface area contributed by atoms with Crippen LogP contribution in [0.2, 0.25) is 0 Å². The summed E-state index contributed by atoms with van der Waals surface area (Å²) in [7, 11) is 3.97. The smallest absolute Gasteiger partial charge is 0.261 e. The van der Waals surface area contributed by atoms with Gasteiger partial charge < -0.3 is 19.3 Å². The summed E-state index contributed by atoms with van der Waals surface area (Å²) in [5, 5.41) is 0. The van der Waals surface area contributed by atoms with Crippen LogP contribution >= 0.6 is 0 Å². The van der Waals surface area contributed by atoms with Gasteiger partial charge in [0.15, 0.2) is 6.61 Å². The Bertz CT molecular complexity index is 754. The van der Waals surface area contributed by atoms with E-state index in [1.54, 1.807) is 12.1 Å². The molecule has 0 aliphatic carbocycles. The summed E-state index contributed by atoms with van der Waals surface area (Å²) in [6.07, 6.45) is -0.130. The van der Waals surface area contributed by atoms with Crippen molar-refractivity contribution in [2.45, 2.75) is 12.1 Å². The van der Waals surface area contributed by atoms with Crippen molar-refractivity contribution in [3.63, 3.8) is 0 Å². The van der Waals surface area contributed by atoms with Crippen molar-refractivity contribution >= 4 is 5.91 Å². The van der Waals surface area contributed by atoms with Gasteiger partial charge in [0.1, 0.15) is 11.6 Å². The van der Waals surface area contributed by atoms with Crippen LogP contribution in [0.25, 0.3) is 0 Å². The van der Waals surface area contributed by atoms with E-state index >= 15 is 0 Å². The molecule has 5 nitrogen and oxygen atoms in total. The molecule has 144 valence electrons. The van der Waals surface area contributed by atoms with E-state index < -0.39 is 0 Å². The molecule has 1 saturated heterocycles. The first-order valence-corrected chi connectivity index (χ1v) is 9.03. The number of hydrogen-bond acceptors (Lipinski definition) is 4. The van der Waals surface area contributed by atoms with Gasteiger partial charge in [-0.1, -0.05) is 36.4 Å². The number of carbonyl (C=O) groups excluding carboxylic acids is 1. The first-order chi connectivity index (χ1) is 13.0. The molecule has 1 aliphatic rings. The molecule has 27 heavy (non-hydrogen) atoms. The minimum Gasteiger partial charge on any atom is -0.484 e. The predicted octanol–water partition coefficient (Wildman–Crippen LogP) is 2.73. The lowest BCUT2D eigenvalue weighted by Gasteiger charge is -2.42. The molecule has 2 aromatic rings. The third-order valence-corrected chi connectivity index (χ3v) is 4.52. The average Bonchev–Trinajstić information content (AvgIpc) is 2.66. The van der Waals surface area contributed by atoms with Crippen LogP contribution < -0.4 is 4.74 Å². The molecule has 0 bridgehead atoms. The number of benzene rings is 2. The summed E-state index contributed by atoms with van der Waals surface area (Å²) in [5.74, 6) is -0.183. The van der Waals surface area contributed by atoms with E-state index in [4.69, 9.17) is 9.47 Å². The number of nitrogens with zero attached hydrogens (tertiary/aromatic N) is 2. The fourth-order valence-electron chi connectivity index (χ4n) is 3.36. The highest BCUT2D eigenvalue weighted by atomic mass is 19.1. The summed E-state index contributed by atoms with van der Waals surface area (Å²) in [6, 6.07) is 15.5. The maximum Gasteiger partial charge on any atom is 0.261 e. The van der Waals surface area contributed by atoms with Crippen molar-refractivity contribution in [3.8, 4) is 5.75 Å². The Labute approximate surface area is 159 Å². The van der Waals surface area contributed by atoms with Crippen LogP contribution in [0.4, 0.5) is 4.39 Å². The number of ether oxygens (including phenoxy) is 2. The average molecular weight is 372 g/mol. The molecule has 3 rings (SSSR count). The standard InChI is InChI=1S/C21H25FN2O3/c1-23(2)14-19-21(16-7-4-3-5-8-16)24(11-12-26-19)20(25)15-27-18-10-6-9-17(22)13-18/h3-10,13,19,21H,11-12,14-15H2,1-2H3/t19-,21-/m0/s1. The molecule has 6 heteroatoms. The lowest BCUT2D eigenvalue weighted by atomic mass is 9.97. The van der Waals surface area contributed by atoms with Crippen molar-refractivity contribution < 1.29 is 18.7 Å². The number of likely N-dealkylation sites (N-methyl/N-ethyl adjacent to an activating group) is 1. The van der Waals surface area contributed by atoms with E-state index in [0.29, 0.717) is 25.4 Å². The summed E-state index contributed by atoms with van der Waals surface area (Å²) in [6.45, 7) is 1.54. The van der Waals surface area contributed by atoms with Gasteiger partial charge in [-0.15, -0.1) is 0 Å². The zero-order valence-electron chi connectivity index (χ0n) is 15.7. The molecule has 0 radical (unpaired) electrons. The largest absolute Gasteiger partial charge is 0.484 e. The molecule has 0 aromatic heterocycles. The maximum atomic E-state index is 13.3. The van der Waals surface area contributed by atoms with Crippen LogP contribution in [0.15, 0.2) is 54.6 Å². The Hall–Kier alpha value is -2.44. The van der Waals surface area contributed by atoms with Crippen LogP contribution in [0, 0.1) is 5.82 Å². The summed E-state index contributed by atoms with van der Waals surface area (Å²) >= 11 is 0. The van der Waals surface area contributed by atoms with Gasteiger partial charge in [0, 0.05) is 19.2 Å². The topological polar surface area (TPSA) is 42.0 Å². The van der Waals surface area contributed by atoms with Crippen LogP contribution in [-0.4, -0.2) is 62.2 Å². The molecule has 2 atom stereocenters. The fourth-order valence-corrected chi connectivity index (χ4v) is 3.36. The third-order valence-electron chi connectivity index (χ3n) is 4.52. The first-order valence-electron chi connectivity index (χ1n) is 9.03. The number of morpholine rings is 1. The molecule has 2 aromatic carbocycles. The molecular weight excluding hydrogens is 347 g/mol. The highest BCUT2D eigenvalue weighted by molar-refractivity contribution is 5.78. The SMILES string of the molecule is CN(C)C[C@@H]1OCCN(C(=O)COc2cccc(F)c2)[C@H]1c1ccccc1. The van der Waals surface area contributed by atoms with E-state index in [-0.39, 0.29) is 30.5 Å². The fraction of sp³-hybridized carbons (Fsp3) is 0.381. The Morgan fingerprint density at radius 1 is 1.22 bits per heavy atom. The van der Waals surface area contributed by atoms with Gasteiger partial charge in [0.2, 0.25) is 0 Å². The van der Waals surface area contributed by atoms with Gasteiger partial charge in [-0.25, -0.2) is 4.39 Å². The van der Waals surface area contributed by atoms with Gasteiger partial charge in [-0.05, 0) is 31.8 Å². The second-order valence-corrected chi connectivity index (χ2v) is 6.86. The second kappa shape index (κ2) is 8.97. The predicted molar refractivity (Wildman–Crippen MR) is 101 cm³/mol. The second-order valence-electron chi connectivity index (χ2n) is 6.86. The Morgan fingerprint density at radius 3 is 2.70 bits per heavy atom. The molecule has 0 unspecified atom stereocenters. The van der Waals surface area contributed by atoms with Crippen molar-refractivity contribution in [2.75, 3.05) is 40.4 Å². The van der Waals surface area contributed by atoms with E-state index in [0.717, 1.165) is 5.56 Å². The zero-order valence-corrected chi connectivity index (χ0v) is 15.7. The van der Waals surface area contributed by atoms with Crippen LogP contribution in [0.5, 0.6) is 5.75 Å². The van der Waals surface area contributed by atoms with Crippen molar-refractivity contribution in [3.05, 3.63) is 66.0 Å². The first kappa shape index (κ1) is 19.3. The van der Waals surface area contributed by atoms with Gasteiger partial charge in [-0.2, -0.15) is 0 Å². The highest BCUT2D eigenvalue weighted by Crippen LogP contribution is 2.30. The Balaban J connectivity index is 1.76. The number of rotatable bonds is 6. The number of amides is 1. The zero-order chi connectivity index (χ0) is 19.2. The van der Waals surface area contributed by atoms with Crippen LogP contribution in [0.1, 0.15) is 11.6 Å². The number of halogens is 1. The van der Waals surface area contributed by atoms with Crippen molar-refractivity contribution in [1.82, 2.24) is 9.80 Å². The van der Waals surface area contributed by atoms with Gasteiger partial charge in [0.05, 0.1) is 18.8 Å². The molecule has 1 amide bonds. The van der Waals surface area contributed by atoms with Gasteiger partial charge in [0.25, 0.3) is 5.91 Å². The van der Waals surface area contributed by atoms with Gasteiger partial charge in [-0.3, -0.25) is 4.79 Å². The summed E-state index contributed by atoms with van der Waals surface area (Å²) in [4.78, 5) is 16.8. The lowest BCUT2D eigenvalue weighted by molar-refractivity contribution is -0.150.